The second-order valence-corrected chi connectivity index (χ2v) is 6.36. The van der Waals surface area contributed by atoms with Crippen LogP contribution in [0.1, 0.15) is 18.4 Å². The maximum Gasteiger partial charge on any atom is 0.239 e. The normalized spacial score (nSPS) is 25.4. The van der Waals surface area contributed by atoms with Crippen molar-refractivity contribution in [1.82, 2.24) is 15.5 Å². The van der Waals surface area contributed by atoms with Gasteiger partial charge in [0.15, 0.2) is 0 Å². The first-order chi connectivity index (χ1) is 11.6. The molecule has 2 atom stereocenters. The third kappa shape index (κ3) is 4.28. The average molecular weight is 339 g/mol. The summed E-state index contributed by atoms with van der Waals surface area (Å²) in [4.78, 5) is 14.2. The van der Waals surface area contributed by atoms with Crippen LogP contribution in [-0.4, -0.2) is 55.7 Å². The second-order valence-electron chi connectivity index (χ2n) is 6.36. The van der Waals surface area contributed by atoms with Gasteiger partial charge in [-0.2, -0.15) is 0 Å². The van der Waals surface area contributed by atoms with E-state index >= 15 is 0 Å². The fourth-order valence-electron chi connectivity index (χ4n) is 3.26. The number of morpholine rings is 1. The van der Waals surface area contributed by atoms with Gasteiger partial charge in [0.1, 0.15) is 17.7 Å². The molecule has 2 heterocycles. The lowest BCUT2D eigenvalue weighted by Gasteiger charge is -2.34. The van der Waals surface area contributed by atoms with Crippen LogP contribution in [0, 0.1) is 11.6 Å². The summed E-state index contributed by atoms with van der Waals surface area (Å²) in [7, 11) is 0. The highest BCUT2D eigenvalue weighted by Gasteiger charge is 2.27. The van der Waals surface area contributed by atoms with E-state index in [9.17, 15) is 13.6 Å². The van der Waals surface area contributed by atoms with Gasteiger partial charge in [0.25, 0.3) is 0 Å². The molecule has 2 saturated heterocycles. The zero-order chi connectivity index (χ0) is 16.9. The van der Waals surface area contributed by atoms with E-state index in [0.29, 0.717) is 26.3 Å². The summed E-state index contributed by atoms with van der Waals surface area (Å²) >= 11 is 0. The van der Waals surface area contributed by atoms with Crippen molar-refractivity contribution in [2.75, 3.05) is 32.8 Å². The molecule has 0 radical (unpaired) electrons. The van der Waals surface area contributed by atoms with Gasteiger partial charge in [0.05, 0.1) is 13.2 Å². The molecule has 1 aromatic carbocycles. The van der Waals surface area contributed by atoms with Crippen LogP contribution in [0.4, 0.5) is 8.78 Å². The van der Waals surface area contributed by atoms with Gasteiger partial charge in [0, 0.05) is 31.2 Å². The van der Waals surface area contributed by atoms with E-state index in [4.69, 9.17) is 4.74 Å². The van der Waals surface area contributed by atoms with Crippen LogP contribution in [0.5, 0.6) is 0 Å². The van der Waals surface area contributed by atoms with Crippen LogP contribution in [-0.2, 0) is 16.1 Å². The highest BCUT2D eigenvalue weighted by Crippen LogP contribution is 2.18. The number of carbonyl (C=O) groups is 1. The smallest absolute Gasteiger partial charge is 0.239 e. The number of benzene rings is 1. The molecular weight excluding hydrogens is 316 g/mol. The van der Waals surface area contributed by atoms with Gasteiger partial charge in [-0.05, 0) is 31.5 Å². The van der Waals surface area contributed by atoms with Crippen molar-refractivity contribution in [2.24, 2.45) is 0 Å². The van der Waals surface area contributed by atoms with E-state index < -0.39 is 11.6 Å². The lowest BCUT2D eigenvalue weighted by molar-refractivity contribution is -0.127. The molecule has 0 spiro atoms. The van der Waals surface area contributed by atoms with Gasteiger partial charge in [0.2, 0.25) is 5.91 Å². The minimum absolute atomic E-state index is 0.00943. The van der Waals surface area contributed by atoms with Crippen LogP contribution in [0.3, 0.4) is 0 Å². The molecule has 2 N–H and O–H groups in total. The van der Waals surface area contributed by atoms with E-state index in [1.807, 2.05) is 4.90 Å². The zero-order valence-electron chi connectivity index (χ0n) is 13.6. The number of carbonyl (C=O) groups excluding carboxylic acids is 1. The molecular formula is C17H23F2N3O2. The molecule has 2 aliphatic heterocycles. The average Bonchev–Trinajstić information content (AvgIpc) is 2.59. The highest BCUT2D eigenvalue weighted by molar-refractivity contribution is 5.82. The van der Waals surface area contributed by atoms with Gasteiger partial charge < -0.3 is 15.4 Å². The fraction of sp³-hybridized carbons (Fsp3) is 0.588. The molecule has 1 amide bonds. The number of nitrogens with one attached hydrogen (secondary N) is 2. The first-order valence-electron chi connectivity index (χ1n) is 8.40. The Labute approximate surface area is 140 Å². The first kappa shape index (κ1) is 17.3. The standard InChI is InChI=1S/C17H23F2N3O2/c18-14-4-1-5-15(19)13(14)10-22-7-2-3-12(9-22)21-17(23)16-11-24-8-6-20-16/h1,4-5,12,16,20H,2-3,6-11H2,(H,21,23)/t12-,16+/m0/s1. The van der Waals surface area contributed by atoms with Gasteiger partial charge >= 0.3 is 0 Å². The van der Waals surface area contributed by atoms with Crippen LogP contribution in [0.15, 0.2) is 18.2 Å². The summed E-state index contributed by atoms with van der Waals surface area (Å²) < 4.78 is 32.9. The number of likely N-dealkylation sites (tertiary alicyclic amines) is 1. The molecule has 0 aromatic heterocycles. The van der Waals surface area contributed by atoms with Crippen molar-refractivity contribution >= 4 is 5.91 Å². The summed E-state index contributed by atoms with van der Waals surface area (Å²) in [6.07, 6.45) is 1.76. The number of amides is 1. The number of ether oxygens (including phenoxy) is 1. The largest absolute Gasteiger partial charge is 0.378 e. The predicted molar refractivity (Wildman–Crippen MR) is 85.4 cm³/mol. The molecule has 0 bridgehead atoms. The summed E-state index contributed by atoms with van der Waals surface area (Å²) in [5.74, 6) is -1.12. The monoisotopic (exact) mass is 339 g/mol. The molecule has 1 aromatic rings. The summed E-state index contributed by atoms with van der Waals surface area (Å²) in [5, 5.41) is 6.15. The van der Waals surface area contributed by atoms with E-state index in [1.54, 1.807) is 0 Å². The molecule has 132 valence electrons. The van der Waals surface area contributed by atoms with Crippen molar-refractivity contribution in [3.05, 3.63) is 35.4 Å². The van der Waals surface area contributed by atoms with Gasteiger partial charge in [-0.1, -0.05) is 6.07 Å². The lowest BCUT2D eigenvalue weighted by atomic mass is 10.0. The quantitative estimate of drug-likeness (QED) is 0.861. The molecule has 24 heavy (non-hydrogen) atoms. The third-order valence-electron chi connectivity index (χ3n) is 4.53. The molecule has 3 rings (SSSR count). The fourth-order valence-corrected chi connectivity index (χ4v) is 3.26. The lowest BCUT2D eigenvalue weighted by Crippen LogP contribution is -2.56. The molecule has 0 aliphatic carbocycles. The maximum absolute atomic E-state index is 13.8. The maximum atomic E-state index is 13.8. The Morgan fingerprint density at radius 2 is 2.17 bits per heavy atom. The molecule has 7 heteroatoms. The number of nitrogens with zero attached hydrogens (tertiary/aromatic N) is 1. The number of hydrogen-bond donors (Lipinski definition) is 2. The molecule has 0 saturated carbocycles. The number of halogens is 2. The Morgan fingerprint density at radius 1 is 1.38 bits per heavy atom. The van der Waals surface area contributed by atoms with E-state index in [0.717, 1.165) is 19.4 Å². The first-order valence-corrected chi connectivity index (χ1v) is 8.40. The van der Waals surface area contributed by atoms with Gasteiger partial charge in [-0.3, -0.25) is 9.69 Å². The zero-order valence-corrected chi connectivity index (χ0v) is 13.6. The Hall–Kier alpha value is -1.57. The van der Waals surface area contributed by atoms with Crippen LogP contribution in [0.25, 0.3) is 0 Å². The number of piperidine rings is 1. The topological polar surface area (TPSA) is 53.6 Å². The Balaban J connectivity index is 1.55. The SMILES string of the molecule is O=C(N[C@H]1CCCN(Cc2c(F)cccc2F)C1)[C@H]1COCCN1. The number of rotatable bonds is 4. The van der Waals surface area contributed by atoms with E-state index in [1.165, 1.54) is 18.2 Å². The summed E-state index contributed by atoms with van der Waals surface area (Å²) in [5.41, 5.74) is 0.0897. The van der Waals surface area contributed by atoms with Crippen LogP contribution in [0.2, 0.25) is 0 Å². The van der Waals surface area contributed by atoms with Crippen LogP contribution < -0.4 is 10.6 Å². The van der Waals surface area contributed by atoms with Gasteiger partial charge in [-0.25, -0.2) is 8.78 Å². The van der Waals surface area contributed by atoms with E-state index in [2.05, 4.69) is 10.6 Å². The molecule has 2 fully saturated rings. The van der Waals surface area contributed by atoms with Crippen molar-refractivity contribution in [1.29, 1.82) is 0 Å². The third-order valence-corrected chi connectivity index (χ3v) is 4.53. The van der Waals surface area contributed by atoms with E-state index in [-0.39, 0.29) is 30.1 Å². The van der Waals surface area contributed by atoms with Crippen LogP contribution >= 0.6 is 0 Å². The second kappa shape index (κ2) is 8.00. The molecule has 2 aliphatic rings. The Bertz CT molecular complexity index is 559. The Morgan fingerprint density at radius 3 is 2.88 bits per heavy atom. The minimum atomic E-state index is -0.523. The molecule has 0 unspecified atom stereocenters. The Kier molecular flexibility index (Phi) is 5.76. The number of hydrogen-bond acceptors (Lipinski definition) is 4. The van der Waals surface area contributed by atoms with Crippen molar-refractivity contribution in [3.8, 4) is 0 Å². The molecule has 5 nitrogen and oxygen atoms in total. The van der Waals surface area contributed by atoms with Crippen molar-refractivity contribution in [3.63, 3.8) is 0 Å². The summed E-state index contributed by atoms with van der Waals surface area (Å²) in [6.45, 7) is 3.24. The predicted octanol–water partition coefficient (Wildman–Crippen LogP) is 1.03. The minimum Gasteiger partial charge on any atom is -0.378 e. The van der Waals surface area contributed by atoms with Crippen molar-refractivity contribution < 1.29 is 18.3 Å². The van der Waals surface area contributed by atoms with Crippen molar-refractivity contribution in [2.45, 2.75) is 31.5 Å². The van der Waals surface area contributed by atoms with Gasteiger partial charge in [-0.15, -0.1) is 0 Å². The highest BCUT2D eigenvalue weighted by atomic mass is 19.1. The summed E-state index contributed by atoms with van der Waals surface area (Å²) in [6, 6.07) is 3.59.